The summed E-state index contributed by atoms with van der Waals surface area (Å²) < 4.78 is 0. The van der Waals surface area contributed by atoms with E-state index in [-0.39, 0.29) is 0 Å². The summed E-state index contributed by atoms with van der Waals surface area (Å²) in [6.45, 7) is 0. The van der Waals surface area contributed by atoms with Gasteiger partial charge in [-0.2, -0.15) is 0 Å². The van der Waals surface area contributed by atoms with Gasteiger partial charge in [0.25, 0.3) is 0 Å². The largest absolute Gasteiger partial charge is 0.134 e. The molecule has 0 aliphatic heterocycles. The van der Waals surface area contributed by atoms with Gasteiger partial charge in [-0.05, 0) is 84.3 Å². The molecule has 0 spiro atoms. The maximum atomic E-state index is 3.39. The second kappa shape index (κ2) is 2.72. The molecule has 7 aliphatic rings. The SMILES string of the molecule is PC1C2CC3C4CC5CC(C14)C(C2)C3(P)C5. The fourth-order valence-electron chi connectivity index (χ4n) is 7.14. The van der Waals surface area contributed by atoms with Gasteiger partial charge in [0.15, 0.2) is 0 Å². The fraction of sp³-hybridized carbons (Fsp3) is 1.00. The molecule has 7 saturated carbocycles. The Labute approximate surface area is 103 Å². The highest BCUT2D eigenvalue weighted by Crippen LogP contribution is 2.75. The van der Waals surface area contributed by atoms with Gasteiger partial charge in [-0.1, -0.05) is 0 Å². The van der Waals surface area contributed by atoms with E-state index >= 15 is 0 Å². The van der Waals surface area contributed by atoms with Gasteiger partial charge in [0.2, 0.25) is 0 Å². The van der Waals surface area contributed by atoms with Crippen molar-refractivity contribution in [3.63, 3.8) is 0 Å². The first-order chi connectivity index (χ1) is 7.68. The molecule has 0 radical (unpaired) electrons. The highest BCUT2D eigenvalue weighted by atomic mass is 31.0. The van der Waals surface area contributed by atoms with Crippen LogP contribution in [0.5, 0.6) is 0 Å². The van der Waals surface area contributed by atoms with Gasteiger partial charge < -0.3 is 0 Å². The Hall–Kier alpha value is 0.860. The molecule has 8 bridgehead atoms. The molecule has 0 aromatic rings. The fourth-order valence-corrected chi connectivity index (χ4v) is 9.13. The molecule has 0 saturated heterocycles. The van der Waals surface area contributed by atoms with Crippen molar-refractivity contribution in [2.45, 2.75) is 42.9 Å². The molecular weight excluding hydrogens is 230 g/mol. The first-order valence-electron chi connectivity index (χ1n) is 7.23. The zero-order chi connectivity index (χ0) is 10.7. The Morgan fingerprint density at radius 1 is 0.938 bits per heavy atom. The number of hydrogen-bond acceptors (Lipinski definition) is 0. The number of rotatable bonds is 0. The van der Waals surface area contributed by atoms with Crippen LogP contribution < -0.4 is 0 Å². The Morgan fingerprint density at radius 3 is 2.19 bits per heavy atom. The maximum absolute atomic E-state index is 3.39. The van der Waals surface area contributed by atoms with Crippen LogP contribution in [0.1, 0.15) is 32.1 Å². The molecular formula is C14H22P2. The minimum atomic E-state index is 0.717. The van der Waals surface area contributed by atoms with E-state index in [1.54, 1.807) is 32.1 Å². The zero-order valence-corrected chi connectivity index (χ0v) is 12.1. The number of hydrogen-bond donors (Lipinski definition) is 0. The van der Waals surface area contributed by atoms with Crippen molar-refractivity contribution in [3.8, 4) is 0 Å². The molecule has 0 amide bonds. The van der Waals surface area contributed by atoms with Gasteiger partial charge in [-0.3, -0.25) is 0 Å². The normalized spacial score (nSPS) is 73.9. The average Bonchev–Trinajstić information content (AvgIpc) is 2.25. The molecule has 16 heavy (non-hydrogen) atoms. The van der Waals surface area contributed by atoms with Crippen molar-refractivity contribution in [1.82, 2.24) is 0 Å². The molecule has 0 aromatic heterocycles. The van der Waals surface area contributed by atoms with E-state index in [9.17, 15) is 0 Å². The molecule has 0 nitrogen and oxygen atoms in total. The molecule has 0 N–H and O–H groups in total. The molecule has 7 unspecified atom stereocenters. The van der Waals surface area contributed by atoms with Gasteiger partial charge in [-0.15, -0.1) is 18.5 Å². The molecule has 88 valence electrons. The summed E-state index contributed by atoms with van der Waals surface area (Å²) in [6, 6.07) is 0. The third-order valence-electron chi connectivity index (χ3n) is 7.36. The van der Waals surface area contributed by atoms with Gasteiger partial charge in [0, 0.05) is 0 Å². The Balaban J connectivity index is 1.72. The third-order valence-corrected chi connectivity index (χ3v) is 9.44. The van der Waals surface area contributed by atoms with E-state index in [0.717, 1.165) is 47.1 Å². The zero-order valence-electron chi connectivity index (χ0n) is 9.81. The summed E-state index contributed by atoms with van der Waals surface area (Å²) >= 11 is 0. The summed E-state index contributed by atoms with van der Waals surface area (Å²) in [6.07, 6.45) is 7.93. The molecule has 7 rings (SSSR count). The molecule has 7 aliphatic carbocycles. The summed E-state index contributed by atoms with van der Waals surface area (Å²) in [5.74, 6) is 7.80. The van der Waals surface area contributed by atoms with E-state index in [4.69, 9.17) is 0 Å². The lowest BCUT2D eigenvalue weighted by molar-refractivity contribution is -0.183. The molecule has 2 heteroatoms. The lowest BCUT2D eigenvalue weighted by Gasteiger charge is -2.75. The summed E-state index contributed by atoms with van der Waals surface area (Å²) in [5.41, 5.74) is 0.996. The maximum Gasteiger partial charge on any atom is -0.00855 e. The minimum Gasteiger partial charge on any atom is -0.134 e. The molecule has 7 fully saturated rings. The van der Waals surface area contributed by atoms with Gasteiger partial charge >= 0.3 is 0 Å². The van der Waals surface area contributed by atoms with Crippen LogP contribution in [0, 0.1) is 41.4 Å². The lowest BCUT2D eigenvalue weighted by Crippen LogP contribution is -2.71. The van der Waals surface area contributed by atoms with Crippen molar-refractivity contribution < 1.29 is 0 Å². The molecule has 0 aromatic carbocycles. The van der Waals surface area contributed by atoms with Gasteiger partial charge in [0.1, 0.15) is 0 Å². The summed E-state index contributed by atoms with van der Waals surface area (Å²) in [7, 11) is 6.64. The Morgan fingerprint density at radius 2 is 1.56 bits per heavy atom. The van der Waals surface area contributed by atoms with E-state index in [1.807, 2.05) is 0 Å². The average molecular weight is 252 g/mol. The quantitative estimate of drug-likeness (QED) is 0.581. The van der Waals surface area contributed by atoms with E-state index in [0.29, 0.717) is 5.16 Å². The van der Waals surface area contributed by atoms with Gasteiger partial charge in [-0.25, -0.2) is 0 Å². The van der Waals surface area contributed by atoms with Crippen LogP contribution in [0.3, 0.4) is 0 Å². The third kappa shape index (κ3) is 0.853. The van der Waals surface area contributed by atoms with Gasteiger partial charge in [0.05, 0.1) is 0 Å². The van der Waals surface area contributed by atoms with Crippen LogP contribution >= 0.6 is 18.5 Å². The minimum absolute atomic E-state index is 0.717. The van der Waals surface area contributed by atoms with Crippen molar-refractivity contribution in [3.05, 3.63) is 0 Å². The van der Waals surface area contributed by atoms with Crippen LogP contribution in [0.25, 0.3) is 0 Å². The second-order valence-electron chi connectivity index (χ2n) is 7.58. The first-order valence-corrected chi connectivity index (χ1v) is 8.47. The second-order valence-corrected chi connectivity index (χ2v) is 9.43. The highest BCUT2D eigenvalue weighted by Gasteiger charge is 2.70. The summed E-state index contributed by atoms with van der Waals surface area (Å²) in [4.78, 5) is 0. The van der Waals surface area contributed by atoms with E-state index in [1.165, 1.54) is 0 Å². The lowest BCUT2D eigenvalue weighted by atomic mass is 9.35. The van der Waals surface area contributed by atoms with Crippen molar-refractivity contribution >= 4 is 18.5 Å². The molecule has 0 heterocycles. The summed E-state index contributed by atoms with van der Waals surface area (Å²) in [5, 5.41) is 0.717. The van der Waals surface area contributed by atoms with E-state index in [2.05, 4.69) is 18.5 Å². The van der Waals surface area contributed by atoms with Crippen LogP contribution in [0.4, 0.5) is 0 Å². The Bertz CT molecular complexity index is 338. The van der Waals surface area contributed by atoms with E-state index < -0.39 is 0 Å². The first kappa shape index (κ1) is 9.75. The topological polar surface area (TPSA) is 0 Å². The van der Waals surface area contributed by atoms with Crippen molar-refractivity contribution in [2.24, 2.45) is 41.4 Å². The Kier molecular flexibility index (Phi) is 1.66. The predicted molar refractivity (Wildman–Crippen MR) is 73.5 cm³/mol. The van der Waals surface area contributed by atoms with Crippen LogP contribution in [-0.2, 0) is 0 Å². The van der Waals surface area contributed by atoms with Crippen molar-refractivity contribution in [1.29, 1.82) is 0 Å². The van der Waals surface area contributed by atoms with Crippen LogP contribution in [0.15, 0.2) is 0 Å². The highest BCUT2D eigenvalue weighted by molar-refractivity contribution is 7.19. The smallest absolute Gasteiger partial charge is 0.00855 e. The standard InChI is InChI=1S/C14H22P2/c15-13-7-3-10-8-1-6-2-9(12(8)13)11(4-7)14(10,16)5-6/h6-13H,1-5,15-16H2. The predicted octanol–water partition coefficient (Wildman–Crippen LogP) is 3.18. The van der Waals surface area contributed by atoms with Crippen LogP contribution in [-0.4, -0.2) is 10.8 Å². The molecule has 7 atom stereocenters. The van der Waals surface area contributed by atoms with Crippen molar-refractivity contribution in [2.75, 3.05) is 0 Å². The monoisotopic (exact) mass is 252 g/mol. The van der Waals surface area contributed by atoms with Crippen LogP contribution in [0.2, 0.25) is 0 Å².